The Bertz CT molecular complexity index is 1010. The first-order valence-electron chi connectivity index (χ1n) is 10.3. The van der Waals surface area contributed by atoms with Crippen molar-refractivity contribution in [3.05, 3.63) is 47.3 Å². The van der Waals surface area contributed by atoms with Crippen LogP contribution < -0.4 is 16.0 Å². The van der Waals surface area contributed by atoms with Crippen molar-refractivity contribution in [2.24, 2.45) is 0 Å². The van der Waals surface area contributed by atoms with Crippen molar-refractivity contribution >= 4 is 17.6 Å². The molecule has 0 unspecified atom stereocenters. The fraction of sp³-hybridized carbons (Fsp3) is 0.409. The summed E-state index contributed by atoms with van der Waals surface area (Å²) in [6, 6.07) is 2.31. The van der Waals surface area contributed by atoms with Gasteiger partial charge in [0.15, 0.2) is 0 Å². The molecule has 4 N–H and O–H groups in total. The second-order valence-corrected chi connectivity index (χ2v) is 8.07. The molecule has 2 amide bonds. The molecule has 1 saturated carbocycles. The fourth-order valence-corrected chi connectivity index (χ4v) is 4.92. The summed E-state index contributed by atoms with van der Waals surface area (Å²) in [5.41, 5.74) is 6.38. The largest absolute Gasteiger partial charge is 0.365 e. The molecule has 2 atom stereocenters. The molecule has 0 radical (unpaired) electrons. The number of hydrogen-bond acceptors (Lipinski definition) is 4. The summed E-state index contributed by atoms with van der Waals surface area (Å²) < 4.78 is 0. The summed E-state index contributed by atoms with van der Waals surface area (Å²) >= 11 is 0. The molecule has 29 heavy (non-hydrogen) atoms. The van der Waals surface area contributed by atoms with E-state index in [0.717, 1.165) is 72.4 Å². The first kappa shape index (κ1) is 18.0. The Labute approximate surface area is 169 Å². The van der Waals surface area contributed by atoms with Gasteiger partial charge in [0.25, 0.3) is 5.91 Å². The minimum absolute atomic E-state index is 0.0337. The maximum atomic E-state index is 12.4. The van der Waals surface area contributed by atoms with E-state index in [4.69, 9.17) is 0 Å². The third-order valence-electron chi connectivity index (χ3n) is 6.33. The highest BCUT2D eigenvalue weighted by Gasteiger charge is 2.31. The zero-order valence-electron chi connectivity index (χ0n) is 16.3. The summed E-state index contributed by atoms with van der Waals surface area (Å²) in [6.07, 6.45) is 8.83. The van der Waals surface area contributed by atoms with E-state index < -0.39 is 0 Å². The van der Waals surface area contributed by atoms with Crippen LogP contribution in [0.2, 0.25) is 0 Å². The van der Waals surface area contributed by atoms with Gasteiger partial charge in [0.05, 0.1) is 11.3 Å². The molecule has 1 aliphatic heterocycles. The number of nitrogens with zero attached hydrogens (tertiary/aromatic N) is 1. The molecule has 0 saturated heterocycles. The number of nitrogens with one attached hydrogen (secondary N) is 4. The van der Waals surface area contributed by atoms with E-state index in [1.807, 2.05) is 6.20 Å². The van der Waals surface area contributed by atoms with E-state index in [0.29, 0.717) is 6.54 Å². The van der Waals surface area contributed by atoms with Crippen molar-refractivity contribution in [1.29, 1.82) is 0 Å². The molecule has 1 fully saturated rings. The molecule has 5 rings (SSSR count). The number of pyridine rings is 1. The lowest BCUT2D eigenvalue weighted by Gasteiger charge is -2.23. The topological polar surface area (TPSA) is 98.9 Å². The normalized spacial score (nSPS) is 22.1. The highest BCUT2D eigenvalue weighted by molar-refractivity contribution is 6.00. The molecule has 0 spiro atoms. The highest BCUT2D eigenvalue weighted by atomic mass is 16.2. The van der Waals surface area contributed by atoms with Crippen LogP contribution in [0.25, 0.3) is 11.3 Å². The molecule has 2 aromatic rings. The third kappa shape index (κ3) is 3.10. The van der Waals surface area contributed by atoms with Crippen LogP contribution in [0.1, 0.15) is 46.4 Å². The van der Waals surface area contributed by atoms with Crippen LogP contribution in [0, 0.1) is 0 Å². The van der Waals surface area contributed by atoms with Crippen LogP contribution in [-0.4, -0.2) is 40.4 Å². The number of rotatable bonds is 4. The minimum Gasteiger partial charge on any atom is -0.365 e. The summed E-state index contributed by atoms with van der Waals surface area (Å²) in [5, 5.41) is 9.49. The smallest absolute Gasteiger partial charge is 0.253 e. The SMILES string of the molecule is C=CC(=O)N[C@@H]1CCC[C@@H]1Nc1cc2c(cn1)CCc1c-2[nH]c2c1C(=O)NCC2. The average Bonchev–Trinajstić information content (AvgIpc) is 3.32. The van der Waals surface area contributed by atoms with Gasteiger partial charge in [0, 0.05) is 42.5 Å². The van der Waals surface area contributed by atoms with Crippen LogP contribution in [0.15, 0.2) is 24.9 Å². The number of amides is 2. The maximum Gasteiger partial charge on any atom is 0.253 e. The van der Waals surface area contributed by atoms with Crippen molar-refractivity contribution in [3.63, 3.8) is 0 Å². The van der Waals surface area contributed by atoms with E-state index in [-0.39, 0.29) is 23.9 Å². The first-order valence-corrected chi connectivity index (χ1v) is 10.3. The molecule has 7 nitrogen and oxygen atoms in total. The number of aromatic amines is 1. The molecular formula is C22H25N5O2. The van der Waals surface area contributed by atoms with Gasteiger partial charge in [-0.25, -0.2) is 4.98 Å². The molecule has 2 aromatic heterocycles. The molecule has 0 aromatic carbocycles. The number of hydrogen-bond donors (Lipinski definition) is 4. The van der Waals surface area contributed by atoms with Crippen molar-refractivity contribution in [3.8, 4) is 11.3 Å². The van der Waals surface area contributed by atoms with Crippen molar-refractivity contribution in [1.82, 2.24) is 20.6 Å². The van der Waals surface area contributed by atoms with Gasteiger partial charge in [-0.15, -0.1) is 0 Å². The van der Waals surface area contributed by atoms with E-state index in [9.17, 15) is 9.59 Å². The van der Waals surface area contributed by atoms with Gasteiger partial charge < -0.3 is 20.9 Å². The molecule has 3 heterocycles. The number of carbonyl (C=O) groups excluding carboxylic acids is 2. The van der Waals surface area contributed by atoms with E-state index >= 15 is 0 Å². The number of carbonyl (C=O) groups is 2. The Hall–Kier alpha value is -3.09. The van der Waals surface area contributed by atoms with Gasteiger partial charge in [-0.1, -0.05) is 6.58 Å². The van der Waals surface area contributed by atoms with Gasteiger partial charge in [-0.05, 0) is 55.4 Å². The number of fused-ring (bicyclic) bond motifs is 5. The Morgan fingerprint density at radius 3 is 2.97 bits per heavy atom. The third-order valence-corrected chi connectivity index (χ3v) is 6.33. The molecule has 7 heteroatoms. The van der Waals surface area contributed by atoms with Crippen LogP contribution in [0.3, 0.4) is 0 Å². The molecule has 150 valence electrons. The van der Waals surface area contributed by atoms with Crippen molar-refractivity contribution in [2.45, 2.75) is 50.6 Å². The lowest BCUT2D eigenvalue weighted by atomic mass is 9.88. The Morgan fingerprint density at radius 1 is 1.24 bits per heavy atom. The predicted octanol–water partition coefficient (Wildman–Crippen LogP) is 2.10. The first-order chi connectivity index (χ1) is 14.1. The van der Waals surface area contributed by atoms with Gasteiger partial charge in [-0.2, -0.15) is 0 Å². The quantitative estimate of drug-likeness (QED) is 0.600. The Balaban J connectivity index is 1.44. The molecular weight excluding hydrogens is 366 g/mol. The summed E-state index contributed by atoms with van der Waals surface area (Å²) in [6.45, 7) is 4.22. The summed E-state index contributed by atoms with van der Waals surface area (Å²) in [7, 11) is 0. The number of aryl methyl sites for hydroxylation is 1. The number of anilines is 1. The lowest BCUT2D eigenvalue weighted by molar-refractivity contribution is -0.117. The van der Waals surface area contributed by atoms with Gasteiger partial charge in [0.2, 0.25) is 5.91 Å². The zero-order chi connectivity index (χ0) is 20.0. The van der Waals surface area contributed by atoms with Gasteiger partial charge in [0.1, 0.15) is 5.82 Å². The predicted molar refractivity (Wildman–Crippen MR) is 111 cm³/mol. The average molecular weight is 391 g/mol. The second-order valence-electron chi connectivity index (χ2n) is 8.07. The number of H-pyrrole nitrogens is 1. The second kappa shape index (κ2) is 7.06. The van der Waals surface area contributed by atoms with E-state index in [1.165, 1.54) is 11.6 Å². The van der Waals surface area contributed by atoms with Gasteiger partial charge in [-0.3, -0.25) is 9.59 Å². The van der Waals surface area contributed by atoms with Crippen molar-refractivity contribution < 1.29 is 9.59 Å². The molecule has 3 aliphatic rings. The Kier molecular flexibility index (Phi) is 4.38. The van der Waals surface area contributed by atoms with E-state index in [1.54, 1.807) is 0 Å². The highest BCUT2D eigenvalue weighted by Crippen LogP contribution is 2.38. The molecule has 0 bridgehead atoms. The van der Waals surface area contributed by atoms with Crippen LogP contribution in [-0.2, 0) is 24.1 Å². The zero-order valence-corrected chi connectivity index (χ0v) is 16.3. The summed E-state index contributed by atoms with van der Waals surface area (Å²) in [5.74, 6) is 0.701. The number of aromatic nitrogens is 2. The van der Waals surface area contributed by atoms with Crippen LogP contribution >= 0.6 is 0 Å². The van der Waals surface area contributed by atoms with Gasteiger partial charge >= 0.3 is 0 Å². The standard InChI is InChI=1S/C22H25N5O2/c1-2-19(28)26-16-5-3-4-15(16)25-18-10-14-12(11-24-18)6-7-13-20-17(27-21(13)14)8-9-23-22(20)29/h2,10-11,15-16,27H,1,3-9H2,(H,23,29)(H,24,25)(H,26,28)/t15-,16+/m0/s1. The Morgan fingerprint density at radius 2 is 2.10 bits per heavy atom. The van der Waals surface area contributed by atoms with E-state index in [2.05, 4.69) is 38.6 Å². The van der Waals surface area contributed by atoms with Crippen LogP contribution in [0.5, 0.6) is 0 Å². The maximum absolute atomic E-state index is 12.4. The van der Waals surface area contributed by atoms with Crippen molar-refractivity contribution in [2.75, 3.05) is 11.9 Å². The summed E-state index contributed by atoms with van der Waals surface area (Å²) in [4.78, 5) is 32.2. The molecule has 2 aliphatic carbocycles. The monoisotopic (exact) mass is 391 g/mol. The lowest BCUT2D eigenvalue weighted by Crippen LogP contribution is -2.42. The van der Waals surface area contributed by atoms with Crippen LogP contribution in [0.4, 0.5) is 5.82 Å². The minimum atomic E-state index is -0.137. The fourth-order valence-electron chi connectivity index (χ4n) is 4.92.